The Morgan fingerprint density at radius 3 is 2.46 bits per heavy atom. The van der Waals surface area contributed by atoms with Crippen molar-refractivity contribution >= 4 is 29.4 Å². The van der Waals surface area contributed by atoms with E-state index in [9.17, 15) is 9.59 Å². The summed E-state index contributed by atoms with van der Waals surface area (Å²) < 4.78 is 0. The lowest BCUT2D eigenvalue weighted by atomic mass is 9.85. The van der Waals surface area contributed by atoms with Gasteiger partial charge in [-0.25, -0.2) is 9.97 Å². The number of rotatable bonds is 3. The molecule has 3 rings (SSSR count). The standard InChI is InChI=1S/C16H23N5O2S/c17-14-13(18-5-6-19-14)15(22)20-12-3-1-11(2-4-12)16(23)21-7-9-24-10-8-21/h5-6,11-12H,1-4,7-10H2,(H2,17,19)(H,20,22). The zero-order chi connectivity index (χ0) is 16.9. The number of nitrogen functional groups attached to an aromatic ring is 1. The third kappa shape index (κ3) is 3.98. The third-order valence-electron chi connectivity index (χ3n) is 4.68. The fourth-order valence-electron chi connectivity index (χ4n) is 3.30. The molecule has 1 saturated carbocycles. The van der Waals surface area contributed by atoms with Crippen molar-refractivity contribution in [2.24, 2.45) is 5.92 Å². The molecule has 7 nitrogen and oxygen atoms in total. The van der Waals surface area contributed by atoms with E-state index in [2.05, 4.69) is 15.3 Å². The SMILES string of the molecule is Nc1nccnc1C(=O)NC1CCC(C(=O)N2CCSCC2)CC1. The molecule has 8 heteroatoms. The van der Waals surface area contributed by atoms with Gasteiger partial charge in [0.25, 0.3) is 5.91 Å². The second-order valence-electron chi connectivity index (χ2n) is 6.25. The van der Waals surface area contributed by atoms with Crippen molar-refractivity contribution in [1.29, 1.82) is 0 Å². The first-order valence-corrected chi connectivity index (χ1v) is 9.54. The molecule has 2 amide bonds. The Hall–Kier alpha value is -1.83. The van der Waals surface area contributed by atoms with Crippen LogP contribution in [0.4, 0.5) is 5.82 Å². The summed E-state index contributed by atoms with van der Waals surface area (Å²) >= 11 is 1.91. The molecule has 1 aliphatic carbocycles. The minimum Gasteiger partial charge on any atom is -0.382 e. The minimum atomic E-state index is -0.288. The molecule has 2 heterocycles. The molecule has 24 heavy (non-hydrogen) atoms. The second kappa shape index (κ2) is 7.83. The molecule has 0 bridgehead atoms. The van der Waals surface area contributed by atoms with E-state index >= 15 is 0 Å². The number of nitrogens with two attached hydrogens (primary N) is 1. The minimum absolute atomic E-state index is 0.0693. The van der Waals surface area contributed by atoms with Crippen LogP contribution in [0, 0.1) is 5.92 Å². The summed E-state index contributed by atoms with van der Waals surface area (Å²) in [5, 5.41) is 2.97. The molecule has 0 atom stereocenters. The van der Waals surface area contributed by atoms with Crippen molar-refractivity contribution < 1.29 is 9.59 Å². The van der Waals surface area contributed by atoms with E-state index in [0.717, 1.165) is 50.3 Å². The highest BCUT2D eigenvalue weighted by molar-refractivity contribution is 7.99. The Bertz CT molecular complexity index is 598. The molecule has 0 radical (unpaired) electrons. The van der Waals surface area contributed by atoms with Crippen LogP contribution < -0.4 is 11.1 Å². The molecule has 1 aromatic heterocycles. The van der Waals surface area contributed by atoms with E-state index in [1.54, 1.807) is 0 Å². The fourth-order valence-corrected chi connectivity index (χ4v) is 4.21. The van der Waals surface area contributed by atoms with Crippen molar-refractivity contribution in [1.82, 2.24) is 20.2 Å². The maximum Gasteiger partial charge on any atom is 0.273 e. The highest BCUT2D eigenvalue weighted by Gasteiger charge is 2.31. The summed E-state index contributed by atoms with van der Waals surface area (Å²) in [6.45, 7) is 1.73. The Balaban J connectivity index is 1.49. The first-order chi connectivity index (χ1) is 11.6. The van der Waals surface area contributed by atoms with Crippen LogP contribution in [-0.2, 0) is 4.79 Å². The van der Waals surface area contributed by atoms with Crippen LogP contribution in [0.25, 0.3) is 0 Å². The fraction of sp³-hybridized carbons (Fsp3) is 0.625. The summed E-state index contributed by atoms with van der Waals surface area (Å²) in [4.78, 5) is 34.6. The highest BCUT2D eigenvalue weighted by Crippen LogP contribution is 2.27. The number of carbonyl (C=O) groups is 2. The van der Waals surface area contributed by atoms with Crippen molar-refractivity contribution in [2.45, 2.75) is 31.7 Å². The zero-order valence-corrected chi connectivity index (χ0v) is 14.4. The normalized spacial score (nSPS) is 24.4. The molecule has 1 aromatic rings. The van der Waals surface area contributed by atoms with Crippen LogP contribution in [0.1, 0.15) is 36.2 Å². The van der Waals surface area contributed by atoms with Crippen LogP contribution in [-0.4, -0.2) is 57.3 Å². The summed E-state index contributed by atoms with van der Waals surface area (Å²) in [5.41, 5.74) is 5.85. The van der Waals surface area contributed by atoms with Gasteiger partial charge in [0.15, 0.2) is 11.5 Å². The molecule has 1 aliphatic heterocycles. The molecule has 130 valence electrons. The van der Waals surface area contributed by atoms with E-state index < -0.39 is 0 Å². The third-order valence-corrected chi connectivity index (χ3v) is 5.62. The van der Waals surface area contributed by atoms with Crippen molar-refractivity contribution in [3.63, 3.8) is 0 Å². The lowest BCUT2D eigenvalue weighted by molar-refractivity contribution is -0.136. The average molecular weight is 349 g/mol. The molecular weight excluding hydrogens is 326 g/mol. The van der Waals surface area contributed by atoms with Gasteiger partial charge in [-0.2, -0.15) is 11.8 Å². The topological polar surface area (TPSA) is 101 Å². The lowest BCUT2D eigenvalue weighted by Crippen LogP contribution is -2.45. The lowest BCUT2D eigenvalue weighted by Gasteiger charge is -2.34. The van der Waals surface area contributed by atoms with Gasteiger partial charge in [-0.05, 0) is 25.7 Å². The van der Waals surface area contributed by atoms with Gasteiger partial charge in [-0.3, -0.25) is 9.59 Å². The number of hydrogen-bond acceptors (Lipinski definition) is 6. The number of anilines is 1. The molecule has 2 aliphatic rings. The summed E-state index contributed by atoms with van der Waals surface area (Å²) in [7, 11) is 0. The Kier molecular flexibility index (Phi) is 5.55. The summed E-state index contributed by atoms with van der Waals surface area (Å²) in [5.74, 6) is 2.32. The van der Waals surface area contributed by atoms with Gasteiger partial charge in [-0.15, -0.1) is 0 Å². The Labute approximate surface area is 145 Å². The first-order valence-electron chi connectivity index (χ1n) is 8.39. The zero-order valence-electron chi connectivity index (χ0n) is 13.6. The predicted molar refractivity (Wildman–Crippen MR) is 93.6 cm³/mol. The summed E-state index contributed by atoms with van der Waals surface area (Å²) in [6.07, 6.45) is 6.18. The number of thioether (sulfide) groups is 1. The Morgan fingerprint density at radius 1 is 1.12 bits per heavy atom. The molecule has 3 N–H and O–H groups in total. The molecule has 1 saturated heterocycles. The number of nitrogens with one attached hydrogen (secondary N) is 1. The van der Waals surface area contributed by atoms with Crippen molar-refractivity contribution in [3.05, 3.63) is 18.1 Å². The molecule has 0 spiro atoms. The highest BCUT2D eigenvalue weighted by atomic mass is 32.2. The van der Waals surface area contributed by atoms with Crippen LogP contribution in [0.15, 0.2) is 12.4 Å². The average Bonchev–Trinajstić information content (AvgIpc) is 2.63. The first kappa shape index (κ1) is 17.0. The molecule has 0 unspecified atom stereocenters. The smallest absolute Gasteiger partial charge is 0.273 e. The van der Waals surface area contributed by atoms with Crippen LogP contribution in [0.3, 0.4) is 0 Å². The van der Waals surface area contributed by atoms with E-state index in [1.165, 1.54) is 12.4 Å². The van der Waals surface area contributed by atoms with Gasteiger partial charge in [0.05, 0.1) is 0 Å². The maximum atomic E-state index is 12.5. The number of amides is 2. The maximum absolute atomic E-state index is 12.5. The summed E-state index contributed by atoms with van der Waals surface area (Å²) in [6, 6.07) is 0.0693. The van der Waals surface area contributed by atoms with E-state index in [1.807, 2.05) is 16.7 Å². The van der Waals surface area contributed by atoms with Crippen molar-refractivity contribution in [2.75, 3.05) is 30.3 Å². The van der Waals surface area contributed by atoms with Crippen LogP contribution in [0.2, 0.25) is 0 Å². The number of hydrogen-bond donors (Lipinski definition) is 2. The predicted octanol–water partition coefficient (Wildman–Crippen LogP) is 0.923. The number of nitrogens with zero attached hydrogens (tertiary/aromatic N) is 3. The second-order valence-corrected chi connectivity index (χ2v) is 7.47. The molecule has 0 aromatic carbocycles. The van der Waals surface area contributed by atoms with E-state index in [4.69, 9.17) is 5.73 Å². The number of aromatic nitrogens is 2. The molecular formula is C16H23N5O2S. The van der Waals surface area contributed by atoms with E-state index in [-0.39, 0.29) is 29.4 Å². The van der Waals surface area contributed by atoms with Gasteiger partial charge in [-0.1, -0.05) is 0 Å². The largest absolute Gasteiger partial charge is 0.382 e. The quantitative estimate of drug-likeness (QED) is 0.841. The monoisotopic (exact) mass is 349 g/mol. The molecule has 2 fully saturated rings. The van der Waals surface area contributed by atoms with Gasteiger partial charge < -0.3 is 16.0 Å². The van der Waals surface area contributed by atoms with Gasteiger partial charge in [0.1, 0.15) is 0 Å². The van der Waals surface area contributed by atoms with E-state index in [0.29, 0.717) is 5.91 Å². The van der Waals surface area contributed by atoms with Gasteiger partial charge in [0, 0.05) is 48.9 Å². The van der Waals surface area contributed by atoms with Gasteiger partial charge >= 0.3 is 0 Å². The van der Waals surface area contributed by atoms with Crippen LogP contribution in [0.5, 0.6) is 0 Å². The number of carbonyl (C=O) groups excluding carboxylic acids is 2. The Morgan fingerprint density at radius 2 is 1.79 bits per heavy atom. The van der Waals surface area contributed by atoms with Crippen LogP contribution >= 0.6 is 11.8 Å². The van der Waals surface area contributed by atoms with Gasteiger partial charge in [0.2, 0.25) is 5.91 Å². The van der Waals surface area contributed by atoms with Crippen molar-refractivity contribution in [3.8, 4) is 0 Å².